The molecule has 0 saturated heterocycles. The number of hydrogen-bond donors (Lipinski definition) is 0. The molecule has 10 rings (SSSR count). The van der Waals surface area contributed by atoms with Gasteiger partial charge in [0.1, 0.15) is 0 Å². The lowest BCUT2D eigenvalue weighted by atomic mass is 9.77. The summed E-state index contributed by atoms with van der Waals surface area (Å²) < 4.78 is 0. The Labute approximate surface area is 373 Å². The Morgan fingerprint density at radius 2 is 0.381 bits per heavy atom. The zero-order valence-electron chi connectivity index (χ0n) is 38.0. The maximum absolute atomic E-state index is 2.35. The molecule has 0 aromatic heterocycles. The normalized spacial score (nSPS) is 12.4. The summed E-state index contributed by atoms with van der Waals surface area (Å²) in [6.07, 6.45) is 0. The molecular weight excluding hydrogens is 757 g/mol. The van der Waals surface area contributed by atoms with Crippen molar-refractivity contribution >= 4 is 43.1 Å². The van der Waals surface area contributed by atoms with Crippen molar-refractivity contribution in [2.45, 2.75) is 71.6 Å². The standard InChI is InChI=1S/C63H56/c1-61(2,3)45-33-25-41(26-34-45)57-49-17-9-13-21-53(49)59(54-22-14-10-18-50(54)57)43-29-37-47(38-30-43)63(7,8)48-39-31-44(32-40-48)60-55-23-15-11-19-51(55)58(52-20-12-16-24-56(52)60)42-27-35-46(36-28-42)62(4,5)6/h9-40H,1-8H3. The largest absolute Gasteiger partial charge is 0.0616 e. The molecule has 10 aromatic carbocycles. The highest BCUT2D eigenvalue weighted by atomic mass is 14.3. The van der Waals surface area contributed by atoms with Crippen molar-refractivity contribution < 1.29 is 0 Å². The molecule has 0 aliphatic heterocycles. The molecule has 0 atom stereocenters. The average Bonchev–Trinajstić information content (AvgIpc) is 3.29. The Hall–Kier alpha value is -6.76. The number of hydrogen-bond acceptors (Lipinski definition) is 0. The van der Waals surface area contributed by atoms with Crippen LogP contribution in [0, 0.1) is 0 Å². The molecule has 0 spiro atoms. The molecule has 0 amide bonds. The van der Waals surface area contributed by atoms with Gasteiger partial charge in [0.15, 0.2) is 0 Å². The maximum atomic E-state index is 2.35. The van der Waals surface area contributed by atoms with Crippen LogP contribution in [0.5, 0.6) is 0 Å². The summed E-state index contributed by atoms with van der Waals surface area (Å²) in [5, 5.41) is 10.2. The van der Waals surface area contributed by atoms with Gasteiger partial charge in [0.2, 0.25) is 0 Å². The lowest BCUT2D eigenvalue weighted by Gasteiger charge is -2.27. The first-order valence-electron chi connectivity index (χ1n) is 22.6. The topological polar surface area (TPSA) is 0 Å². The quantitative estimate of drug-likeness (QED) is 0.147. The predicted molar refractivity (Wildman–Crippen MR) is 274 cm³/mol. The second-order valence-corrected chi connectivity index (χ2v) is 20.1. The van der Waals surface area contributed by atoms with Gasteiger partial charge in [-0.2, -0.15) is 0 Å². The Morgan fingerprint density at radius 3 is 0.556 bits per heavy atom. The molecule has 0 fully saturated rings. The summed E-state index contributed by atoms with van der Waals surface area (Å²) in [4.78, 5) is 0. The van der Waals surface area contributed by atoms with Crippen molar-refractivity contribution in [3.8, 4) is 44.5 Å². The average molecular weight is 813 g/mol. The summed E-state index contributed by atoms with van der Waals surface area (Å²) >= 11 is 0. The summed E-state index contributed by atoms with van der Waals surface area (Å²) in [5.74, 6) is 0. The Bertz CT molecular complexity index is 2970. The second-order valence-electron chi connectivity index (χ2n) is 20.1. The Kier molecular flexibility index (Phi) is 9.76. The zero-order chi connectivity index (χ0) is 43.7. The van der Waals surface area contributed by atoms with Crippen LogP contribution >= 0.6 is 0 Å². The van der Waals surface area contributed by atoms with Gasteiger partial charge in [-0.05, 0) is 121 Å². The van der Waals surface area contributed by atoms with Crippen LogP contribution in [-0.2, 0) is 16.2 Å². The van der Waals surface area contributed by atoms with E-state index in [-0.39, 0.29) is 16.2 Å². The minimum absolute atomic E-state index is 0.106. The molecule has 0 heterocycles. The molecule has 0 heteroatoms. The van der Waals surface area contributed by atoms with Crippen LogP contribution in [0.25, 0.3) is 87.6 Å². The molecule has 0 aliphatic rings. The highest BCUT2D eigenvalue weighted by molar-refractivity contribution is 6.22. The first-order chi connectivity index (χ1) is 30.3. The lowest BCUT2D eigenvalue weighted by molar-refractivity contribution is 0.590. The van der Waals surface area contributed by atoms with E-state index in [1.165, 1.54) is 110 Å². The van der Waals surface area contributed by atoms with Crippen LogP contribution in [0.3, 0.4) is 0 Å². The molecule has 0 radical (unpaired) electrons. The Morgan fingerprint density at radius 1 is 0.206 bits per heavy atom. The fourth-order valence-electron chi connectivity index (χ4n) is 10.0. The van der Waals surface area contributed by atoms with E-state index in [0.717, 1.165) is 0 Å². The van der Waals surface area contributed by atoms with Crippen LogP contribution < -0.4 is 0 Å². The van der Waals surface area contributed by atoms with Crippen LogP contribution in [-0.4, -0.2) is 0 Å². The van der Waals surface area contributed by atoms with Gasteiger partial charge in [-0.3, -0.25) is 0 Å². The first-order valence-corrected chi connectivity index (χ1v) is 22.6. The minimum Gasteiger partial charge on any atom is -0.0616 e. The van der Waals surface area contributed by atoms with E-state index < -0.39 is 0 Å². The third-order valence-corrected chi connectivity index (χ3v) is 13.7. The molecule has 63 heavy (non-hydrogen) atoms. The number of benzene rings is 10. The van der Waals surface area contributed by atoms with Gasteiger partial charge in [-0.1, -0.05) is 250 Å². The van der Waals surface area contributed by atoms with Crippen LogP contribution in [0.4, 0.5) is 0 Å². The van der Waals surface area contributed by atoms with E-state index in [0.29, 0.717) is 0 Å². The number of fused-ring (bicyclic) bond motifs is 4. The molecule has 0 unspecified atom stereocenters. The minimum atomic E-state index is -0.211. The Balaban J connectivity index is 1.02. The van der Waals surface area contributed by atoms with E-state index in [2.05, 4.69) is 250 Å². The molecule has 308 valence electrons. The SMILES string of the molecule is CC(C)(C)c1ccc(-c2c3ccccc3c(-c3ccc(C(C)(C)c4ccc(-c5c6ccccc6c(-c6ccc(C(C)(C)C)cc6)c6ccccc56)cc4)cc3)c3ccccc23)cc1. The highest BCUT2D eigenvalue weighted by Crippen LogP contribution is 2.47. The fourth-order valence-corrected chi connectivity index (χ4v) is 10.0. The first kappa shape index (κ1) is 40.3. The second kappa shape index (κ2) is 15.2. The third kappa shape index (κ3) is 7.03. The van der Waals surface area contributed by atoms with Crippen molar-refractivity contribution in [1.82, 2.24) is 0 Å². The zero-order valence-corrected chi connectivity index (χ0v) is 38.0. The molecule has 0 N–H and O–H groups in total. The summed E-state index contributed by atoms with van der Waals surface area (Å²) in [6.45, 7) is 18.4. The molecule has 0 nitrogen and oxygen atoms in total. The van der Waals surface area contributed by atoms with E-state index in [4.69, 9.17) is 0 Å². The predicted octanol–water partition coefficient (Wildman–Crippen LogP) is 17.9. The molecule has 0 bridgehead atoms. The fraction of sp³-hybridized carbons (Fsp3) is 0.175. The summed E-state index contributed by atoms with van der Waals surface area (Å²) in [6, 6.07) is 73.0. The van der Waals surface area contributed by atoms with E-state index >= 15 is 0 Å². The lowest BCUT2D eigenvalue weighted by Crippen LogP contribution is -2.18. The van der Waals surface area contributed by atoms with Gasteiger partial charge in [0.05, 0.1) is 0 Å². The molecule has 0 aliphatic carbocycles. The monoisotopic (exact) mass is 812 g/mol. The maximum Gasteiger partial charge on any atom is 0.0146 e. The highest BCUT2D eigenvalue weighted by Gasteiger charge is 2.25. The van der Waals surface area contributed by atoms with Crippen LogP contribution in [0.1, 0.15) is 77.6 Å². The van der Waals surface area contributed by atoms with Gasteiger partial charge < -0.3 is 0 Å². The van der Waals surface area contributed by atoms with Crippen molar-refractivity contribution in [1.29, 1.82) is 0 Å². The van der Waals surface area contributed by atoms with Gasteiger partial charge in [-0.25, -0.2) is 0 Å². The van der Waals surface area contributed by atoms with Crippen molar-refractivity contribution in [3.05, 3.63) is 216 Å². The van der Waals surface area contributed by atoms with Gasteiger partial charge >= 0.3 is 0 Å². The van der Waals surface area contributed by atoms with Crippen molar-refractivity contribution in [3.63, 3.8) is 0 Å². The van der Waals surface area contributed by atoms with Crippen molar-refractivity contribution in [2.75, 3.05) is 0 Å². The van der Waals surface area contributed by atoms with Gasteiger partial charge in [0.25, 0.3) is 0 Å². The molecule has 10 aromatic rings. The summed E-state index contributed by atoms with van der Waals surface area (Å²) in [5.41, 5.74) is 15.4. The van der Waals surface area contributed by atoms with E-state index in [1.54, 1.807) is 0 Å². The van der Waals surface area contributed by atoms with E-state index in [1.807, 2.05) is 0 Å². The third-order valence-electron chi connectivity index (χ3n) is 13.7. The number of rotatable bonds is 6. The summed E-state index contributed by atoms with van der Waals surface area (Å²) in [7, 11) is 0. The van der Waals surface area contributed by atoms with Crippen LogP contribution in [0.15, 0.2) is 194 Å². The molecule has 0 saturated carbocycles. The smallest absolute Gasteiger partial charge is 0.0146 e. The van der Waals surface area contributed by atoms with Crippen molar-refractivity contribution in [2.24, 2.45) is 0 Å². The van der Waals surface area contributed by atoms with E-state index in [9.17, 15) is 0 Å². The molecular formula is C63H56. The van der Waals surface area contributed by atoms with Gasteiger partial charge in [0, 0.05) is 5.41 Å². The van der Waals surface area contributed by atoms with Crippen LogP contribution in [0.2, 0.25) is 0 Å². The van der Waals surface area contributed by atoms with Gasteiger partial charge in [-0.15, -0.1) is 0 Å².